The van der Waals surface area contributed by atoms with Crippen molar-refractivity contribution < 1.29 is 28.7 Å². The van der Waals surface area contributed by atoms with Gasteiger partial charge in [0.25, 0.3) is 5.56 Å². The summed E-state index contributed by atoms with van der Waals surface area (Å²) in [5.74, 6) is -2.47. The second-order valence-corrected chi connectivity index (χ2v) is 29.8. The van der Waals surface area contributed by atoms with Crippen molar-refractivity contribution >= 4 is 34.7 Å². The minimum Gasteiger partial charge on any atom is -0.457 e. The van der Waals surface area contributed by atoms with Crippen molar-refractivity contribution in [1.29, 1.82) is 0 Å². The van der Waals surface area contributed by atoms with E-state index in [0.29, 0.717) is 62.2 Å². The van der Waals surface area contributed by atoms with E-state index in [0.717, 1.165) is 212 Å². The number of fused-ring (bicyclic) bond motifs is 5. The summed E-state index contributed by atoms with van der Waals surface area (Å²) in [6.07, 6.45) is 16.6. The Kier molecular flexibility index (Phi) is 36.8. The molecule has 2 amide bonds. The Morgan fingerprint density at radius 3 is 1.59 bits per heavy atom. The van der Waals surface area contributed by atoms with Gasteiger partial charge in [0.15, 0.2) is 0 Å². The molecule has 2 aliphatic heterocycles. The number of pyridine rings is 2. The molecule has 1 aromatic carbocycles. The molecule has 1 atom stereocenters. The number of rotatable bonds is 59. The van der Waals surface area contributed by atoms with Crippen LogP contribution in [0.15, 0.2) is 41.2 Å². The minimum atomic E-state index is -1.92. The van der Waals surface area contributed by atoms with E-state index in [1.165, 1.54) is 83.5 Å². The zero-order chi connectivity index (χ0) is 73.0. The van der Waals surface area contributed by atoms with Gasteiger partial charge in [-0.05, 0) is 89.0 Å². The van der Waals surface area contributed by atoms with Crippen LogP contribution in [0.25, 0.3) is 22.3 Å². The summed E-state index contributed by atoms with van der Waals surface area (Å²) in [5.41, 5.74) is 13.1. The van der Waals surface area contributed by atoms with E-state index in [1.54, 1.807) is 17.6 Å². The number of hydrogen-bond acceptors (Lipinski definition) is 24. The Balaban J connectivity index is 0.753. The number of esters is 2. The van der Waals surface area contributed by atoms with E-state index in [1.807, 2.05) is 30.3 Å². The van der Waals surface area contributed by atoms with Crippen LogP contribution < -0.4 is 70.2 Å². The lowest BCUT2D eigenvalue weighted by Crippen LogP contribution is -2.48. The highest BCUT2D eigenvalue weighted by Gasteiger charge is 2.50. The van der Waals surface area contributed by atoms with E-state index in [2.05, 4.69) is 89.5 Å². The van der Waals surface area contributed by atoms with Gasteiger partial charge in [0.2, 0.25) is 17.4 Å². The molecule has 2 aromatic heterocycles. The smallest absolute Gasteiger partial charge is 0.355 e. The van der Waals surface area contributed by atoms with Gasteiger partial charge in [0, 0.05) is 263 Å². The number of benzene rings is 1. The molecule has 4 fully saturated rings. The molecule has 4 saturated carbocycles. The van der Waals surface area contributed by atoms with Gasteiger partial charge in [-0.1, -0.05) is 57.7 Å². The first-order valence-electron chi connectivity index (χ1n) is 40.5. The van der Waals surface area contributed by atoms with E-state index < -0.39 is 30.0 Å². The lowest BCUT2D eigenvalue weighted by atomic mass is 9.85. The first kappa shape index (κ1) is 82.9. The fourth-order valence-electron chi connectivity index (χ4n) is 14.8. The summed E-state index contributed by atoms with van der Waals surface area (Å²) in [6.45, 7) is 33.3. The van der Waals surface area contributed by atoms with Crippen LogP contribution in [0.1, 0.15) is 133 Å². The molecule has 0 radical (unpaired) electrons. The number of nitrogens with zero attached hydrogens (tertiary/aromatic N) is 8. The molecular weight excluding hydrogens is 1320 g/mol. The summed E-state index contributed by atoms with van der Waals surface area (Å²) in [4.78, 5) is 88.5. The maximum absolute atomic E-state index is 14.1. The number of carbonyl (C=O) groups is 4. The van der Waals surface area contributed by atoms with Gasteiger partial charge in [0.1, 0.15) is 13.2 Å². The number of para-hydroxylation sites is 1. The molecule has 0 spiro atoms. The molecule has 14 N–H and O–H groups in total. The molecule has 0 unspecified atom stereocenters. The second-order valence-electron chi connectivity index (χ2n) is 29.8. The summed E-state index contributed by atoms with van der Waals surface area (Å²) < 4.78 is 13.1. The highest BCUT2D eigenvalue weighted by molar-refractivity contribution is 5.90. The zero-order valence-electron chi connectivity index (χ0n) is 63.6. The lowest BCUT2D eigenvalue weighted by molar-refractivity contribution is -0.189. The molecule has 104 heavy (non-hydrogen) atoms. The van der Waals surface area contributed by atoms with Crippen molar-refractivity contribution in [1.82, 2.24) is 92.1 Å². The third kappa shape index (κ3) is 26.9. The number of aromatic nitrogens is 2. The molecular formula is C77H134N20O7. The SMILES string of the molecule is CCCN(CCNC1CCC1)CCN(CCNC1CCC1)CCN(CCN)CCNCCN(CCNCCN(CCNCCN)C1CCC1)CCN(CCNCCNCCNC1CCC1)CCNC(=O)CCC(=O)NCC(=O)O[C@]1(CC)C(=O)OCc2c1cc1n(c2=O)Cc2cc3ccccc3nc2-1. The third-order valence-electron chi connectivity index (χ3n) is 22.3. The van der Waals surface area contributed by atoms with Crippen molar-refractivity contribution in [2.45, 2.75) is 160 Å². The van der Waals surface area contributed by atoms with Gasteiger partial charge >= 0.3 is 11.9 Å². The highest BCUT2D eigenvalue weighted by Crippen LogP contribution is 2.41. The van der Waals surface area contributed by atoms with E-state index >= 15 is 0 Å². The Morgan fingerprint density at radius 2 is 1.04 bits per heavy atom. The molecule has 0 saturated heterocycles. The molecule has 3 aromatic rings. The van der Waals surface area contributed by atoms with Crippen LogP contribution in [0.5, 0.6) is 0 Å². The molecule has 6 aliphatic rings. The topological polar surface area (TPSA) is 313 Å². The van der Waals surface area contributed by atoms with Crippen molar-refractivity contribution in [2.75, 3.05) is 223 Å². The fraction of sp³-hybridized carbons (Fsp3) is 0.766. The maximum atomic E-state index is 14.1. The highest BCUT2D eigenvalue weighted by atomic mass is 16.6. The summed E-state index contributed by atoms with van der Waals surface area (Å²) in [5, 5.41) is 36.2. The molecule has 0 bridgehead atoms. The quantitative estimate of drug-likeness (QED) is 0.0214. The van der Waals surface area contributed by atoms with E-state index in [4.69, 9.17) is 25.9 Å². The summed E-state index contributed by atoms with van der Waals surface area (Å²) >= 11 is 0. The largest absolute Gasteiger partial charge is 0.457 e. The van der Waals surface area contributed by atoms with Crippen LogP contribution in [-0.4, -0.2) is 309 Å². The number of nitrogens with one attached hydrogen (secondary N) is 10. The Hall–Kier alpha value is -5.18. The van der Waals surface area contributed by atoms with E-state index in [9.17, 15) is 24.0 Å². The first-order valence-corrected chi connectivity index (χ1v) is 40.5. The van der Waals surface area contributed by atoms with Crippen LogP contribution in [-0.2, 0) is 47.4 Å². The summed E-state index contributed by atoms with van der Waals surface area (Å²) in [7, 11) is 0. The van der Waals surface area contributed by atoms with Crippen LogP contribution in [0.3, 0.4) is 0 Å². The number of carbonyl (C=O) groups excluding carboxylic acids is 4. The van der Waals surface area contributed by atoms with Crippen molar-refractivity contribution in [3.8, 4) is 11.4 Å². The number of ether oxygens (including phenoxy) is 2. The number of hydrogen-bond donors (Lipinski definition) is 12. The Labute approximate surface area is 621 Å². The Bertz CT molecular complexity index is 3080. The summed E-state index contributed by atoms with van der Waals surface area (Å²) in [6, 6.07) is 14.2. The zero-order valence-corrected chi connectivity index (χ0v) is 63.6. The van der Waals surface area contributed by atoms with Gasteiger partial charge < -0.3 is 83.6 Å². The monoisotopic (exact) mass is 1450 g/mol. The molecule has 9 rings (SSSR count). The third-order valence-corrected chi connectivity index (χ3v) is 22.3. The van der Waals surface area contributed by atoms with Gasteiger partial charge in [0.05, 0.1) is 29.0 Å². The molecule has 4 aliphatic carbocycles. The predicted octanol–water partition coefficient (Wildman–Crippen LogP) is 0.709. The van der Waals surface area contributed by atoms with E-state index in [-0.39, 0.29) is 48.5 Å². The van der Waals surface area contributed by atoms with Gasteiger partial charge in [-0.2, -0.15) is 0 Å². The standard InChI is InChI=1S/C77H134N20O7/c1-3-39-91(45-36-86-64-14-8-15-64)50-54-95(46-37-87-65-16-9-17-65)55-51-92(40-24-79)41-31-83-32-43-93(44-33-84-35-49-96(66-18-10-19-66)48-34-80-25-23-78)52-53-94(42-30-82-27-26-81-28-29-85-63-12-7-13-63)47-38-88-71(98)21-22-72(99)89-58-73(100)104-77(4-2)68-57-70-74-62(56-61-11-5-6-20-69(61)90-74)59-97(70)75(101)67(68)60-103-76(77)102/h5-6,11,20,56-57,63-66,80-87H,3-4,7-10,12-19,21-55,58-60,78-79H2,1-2H3,(H,88,98)(H,89,99)/t77-/m0/s1. The average molecular weight is 1450 g/mol. The molecule has 4 heterocycles. The number of nitrogens with two attached hydrogens (primary N) is 2. The minimum absolute atomic E-state index is 0.0168. The van der Waals surface area contributed by atoms with Crippen molar-refractivity contribution in [2.24, 2.45) is 11.5 Å². The predicted molar refractivity (Wildman–Crippen MR) is 415 cm³/mol. The molecule has 584 valence electrons. The lowest BCUT2D eigenvalue weighted by Gasteiger charge is -2.37. The van der Waals surface area contributed by atoms with Crippen molar-refractivity contribution in [3.05, 3.63) is 63.4 Å². The maximum Gasteiger partial charge on any atom is 0.355 e. The van der Waals surface area contributed by atoms with Crippen LogP contribution >= 0.6 is 0 Å². The number of cyclic esters (lactones) is 1. The van der Waals surface area contributed by atoms with Gasteiger partial charge in [-0.3, -0.25) is 43.7 Å². The number of amides is 2. The normalized spacial score (nSPS) is 17.6. The van der Waals surface area contributed by atoms with Crippen LogP contribution in [0, 0.1) is 0 Å². The first-order chi connectivity index (χ1) is 50.9. The second kappa shape index (κ2) is 46.2. The van der Waals surface area contributed by atoms with Gasteiger partial charge in [-0.15, -0.1) is 0 Å². The van der Waals surface area contributed by atoms with Crippen LogP contribution in [0.4, 0.5) is 0 Å². The van der Waals surface area contributed by atoms with Gasteiger partial charge in [-0.25, -0.2) is 9.78 Å². The molecule has 27 nitrogen and oxygen atoms in total. The Morgan fingerprint density at radius 1 is 0.548 bits per heavy atom. The average Bonchev–Trinajstić information content (AvgIpc) is 1.50. The van der Waals surface area contributed by atoms with Crippen molar-refractivity contribution in [3.63, 3.8) is 0 Å². The fourth-order valence-corrected chi connectivity index (χ4v) is 14.8. The molecule has 27 heteroatoms. The van der Waals surface area contributed by atoms with Crippen LogP contribution in [0.2, 0.25) is 0 Å².